The number of hydrogen-bond acceptors (Lipinski definition) is 3. The molecule has 0 spiro atoms. The van der Waals surface area contributed by atoms with Crippen LogP contribution >= 0.6 is 0 Å². The first-order valence-corrected chi connectivity index (χ1v) is 9.35. The second-order valence-electron chi connectivity index (χ2n) is 7.41. The summed E-state index contributed by atoms with van der Waals surface area (Å²) in [5, 5.41) is 6.73. The van der Waals surface area contributed by atoms with Crippen LogP contribution in [0.5, 0.6) is 0 Å². The van der Waals surface area contributed by atoms with Crippen LogP contribution in [-0.2, 0) is 37.1 Å². The van der Waals surface area contributed by atoms with E-state index in [0.29, 0.717) is 0 Å². The van der Waals surface area contributed by atoms with Gasteiger partial charge in [0.1, 0.15) is 17.1 Å². The van der Waals surface area contributed by atoms with Crippen molar-refractivity contribution >= 4 is 7.12 Å². The molecule has 0 unspecified atom stereocenters. The quantitative estimate of drug-likeness (QED) is 0.255. The molecule has 40 heavy (non-hydrogen) atoms. The Balaban J connectivity index is 2.60. The molecule has 0 bridgehead atoms. The van der Waals surface area contributed by atoms with Crippen LogP contribution in [0.25, 0.3) is 0 Å². The summed E-state index contributed by atoms with van der Waals surface area (Å²) in [5.74, 6) is 0. The monoisotopic (exact) mass is 620 g/mol. The van der Waals surface area contributed by atoms with E-state index in [1.54, 1.807) is 0 Å². The van der Waals surface area contributed by atoms with Crippen LogP contribution in [0.15, 0.2) is 18.2 Å². The van der Waals surface area contributed by atoms with Crippen molar-refractivity contribution in [3.8, 4) is 0 Å². The molecule has 0 N–H and O–H groups in total. The molecule has 0 fully saturated rings. The number of hydrogen-bond donors (Lipinski definition) is 0. The van der Waals surface area contributed by atoms with E-state index in [1.807, 2.05) is 0 Å². The van der Waals surface area contributed by atoms with Gasteiger partial charge >= 0.3 is 37.1 Å². The molecule has 223 valence electrons. The highest BCUT2D eigenvalue weighted by molar-refractivity contribution is 6.53. The summed E-state index contributed by atoms with van der Waals surface area (Å²) in [6, 6.07) is -2.89. The van der Waals surface area contributed by atoms with Gasteiger partial charge in [-0.3, -0.25) is 0 Å². The Labute approximate surface area is 205 Å². The second kappa shape index (κ2) is 8.97. The molecular formula is C15H3BF18N6-. The summed E-state index contributed by atoms with van der Waals surface area (Å²) in [7, 11) is -4.06. The van der Waals surface area contributed by atoms with Crippen molar-refractivity contribution < 1.29 is 79.0 Å². The number of alkyl halides is 18. The summed E-state index contributed by atoms with van der Waals surface area (Å²) in [6.45, 7) is 0. The van der Waals surface area contributed by atoms with Gasteiger partial charge in [-0.05, 0) is 18.2 Å². The van der Waals surface area contributed by atoms with Crippen molar-refractivity contribution in [3.05, 3.63) is 52.4 Å². The molecule has 6 nitrogen and oxygen atoms in total. The Morgan fingerprint density at radius 3 is 0.725 bits per heavy atom. The summed E-state index contributed by atoms with van der Waals surface area (Å²) < 4.78 is 237. The topological polar surface area (TPSA) is 53.5 Å². The fourth-order valence-electron chi connectivity index (χ4n) is 3.07. The minimum atomic E-state index is -6.15. The molecule has 0 saturated carbocycles. The minimum Gasteiger partial charge on any atom is -0.414 e. The molecule has 0 saturated heterocycles. The van der Waals surface area contributed by atoms with E-state index >= 15 is 0 Å². The van der Waals surface area contributed by atoms with E-state index in [4.69, 9.17) is 0 Å². The van der Waals surface area contributed by atoms with E-state index in [0.717, 1.165) is 0 Å². The van der Waals surface area contributed by atoms with Crippen LogP contribution in [0, 0.1) is 0 Å². The average molecular weight is 620 g/mol. The molecular weight excluding hydrogens is 617 g/mol. The number of nitrogens with zero attached hydrogens (tertiary/aromatic N) is 6. The Hall–Kier alpha value is -3.57. The van der Waals surface area contributed by atoms with Crippen LogP contribution in [0.1, 0.15) is 34.2 Å². The smallest absolute Gasteiger partial charge is 0.414 e. The molecule has 0 atom stereocenters. The lowest BCUT2D eigenvalue weighted by Gasteiger charge is -2.35. The van der Waals surface area contributed by atoms with Gasteiger partial charge in [-0.2, -0.15) is 79.0 Å². The zero-order valence-electron chi connectivity index (χ0n) is 17.8. The Morgan fingerprint density at radius 1 is 0.375 bits per heavy atom. The van der Waals surface area contributed by atoms with Crippen molar-refractivity contribution in [2.24, 2.45) is 0 Å². The largest absolute Gasteiger partial charge is 0.435 e. The van der Waals surface area contributed by atoms with Crippen LogP contribution in [-0.4, -0.2) is 36.2 Å². The first-order valence-electron chi connectivity index (χ1n) is 9.35. The summed E-state index contributed by atoms with van der Waals surface area (Å²) in [5.41, 5.74) is -16.5. The molecule has 3 heterocycles. The van der Waals surface area contributed by atoms with Crippen molar-refractivity contribution in [2.45, 2.75) is 37.1 Å². The second-order valence-corrected chi connectivity index (χ2v) is 7.41. The van der Waals surface area contributed by atoms with E-state index < -0.39 is 110 Å². The maximum atomic E-state index is 13.6. The molecule has 1 radical (unpaired) electrons. The lowest BCUT2D eigenvalue weighted by Crippen LogP contribution is -2.49. The van der Waals surface area contributed by atoms with Crippen LogP contribution in [0.3, 0.4) is 0 Å². The standard InChI is InChI=1S/C15H3BF18N6/c17-10(18,19)4-1-7(13(26,27)28)38(35-4)16(39-8(14(29,30)31)2-5(36-39)11(20,21)22)40-9(15(32,33)34)3-6(37-40)12(23,24)25/h1-3H/q-1. The normalized spacial score (nSPS) is 14.5. The van der Waals surface area contributed by atoms with Crippen molar-refractivity contribution in [3.63, 3.8) is 0 Å². The van der Waals surface area contributed by atoms with Gasteiger partial charge in [0.25, 0.3) is 7.12 Å². The molecule has 0 aliphatic rings. The Kier molecular flexibility index (Phi) is 6.95. The Morgan fingerprint density at radius 2 is 0.575 bits per heavy atom. The third kappa shape index (κ3) is 5.95. The average Bonchev–Trinajstić information content (AvgIpc) is 3.42. The van der Waals surface area contributed by atoms with Gasteiger partial charge in [-0.25, -0.2) is 15.3 Å². The highest BCUT2D eigenvalue weighted by Crippen LogP contribution is 2.40. The molecule has 3 aromatic heterocycles. The third-order valence-electron chi connectivity index (χ3n) is 4.61. The van der Waals surface area contributed by atoms with Crippen LogP contribution in [0.4, 0.5) is 79.0 Å². The predicted molar refractivity (Wildman–Crippen MR) is 88.6 cm³/mol. The van der Waals surface area contributed by atoms with Crippen molar-refractivity contribution in [1.82, 2.24) is 29.1 Å². The number of rotatable bonds is 3. The fraction of sp³-hybridized carbons (Fsp3) is 0.400. The van der Waals surface area contributed by atoms with Gasteiger partial charge in [0.05, 0.1) is 0 Å². The lowest BCUT2D eigenvalue weighted by atomic mass is 9.92. The zero-order chi connectivity index (χ0) is 31.0. The first kappa shape index (κ1) is 31.0. The number of halogens is 18. The van der Waals surface area contributed by atoms with Crippen LogP contribution in [0.2, 0.25) is 0 Å². The van der Waals surface area contributed by atoms with E-state index in [1.165, 1.54) is 0 Å². The highest BCUT2D eigenvalue weighted by Gasteiger charge is 2.47. The molecule has 0 aromatic carbocycles. The van der Waals surface area contributed by atoms with Gasteiger partial charge in [-0.1, -0.05) is 0 Å². The lowest BCUT2D eigenvalue weighted by molar-refractivity contribution is -0.144. The molecule has 0 aliphatic heterocycles. The van der Waals surface area contributed by atoms with E-state index in [-0.39, 0.29) is 0 Å². The SMILES string of the molecule is FC(F)(F)c1cc(C(F)(F)F)n([B-](n2nc(C(F)(F)F)cc2C(F)(F)F)n2nc(C(F)(F)F)cc2C(F)(F)F)n1. The predicted octanol–water partition coefficient (Wildman–Crippen LogP) is 6.32. The maximum absolute atomic E-state index is 13.6. The van der Waals surface area contributed by atoms with E-state index in [9.17, 15) is 79.0 Å². The van der Waals surface area contributed by atoms with Gasteiger partial charge in [-0.15, -0.1) is 0 Å². The third-order valence-corrected chi connectivity index (χ3v) is 4.61. The highest BCUT2D eigenvalue weighted by atomic mass is 19.4. The summed E-state index contributed by atoms with van der Waals surface area (Å²) in [6.07, 6.45) is -36.2. The summed E-state index contributed by atoms with van der Waals surface area (Å²) in [4.78, 5) is 0. The van der Waals surface area contributed by atoms with Gasteiger partial charge in [0, 0.05) is 0 Å². The molecule has 0 aliphatic carbocycles. The van der Waals surface area contributed by atoms with Crippen molar-refractivity contribution in [2.75, 3.05) is 0 Å². The molecule has 0 amide bonds. The van der Waals surface area contributed by atoms with E-state index in [2.05, 4.69) is 15.3 Å². The fourth-order valence-corrected chi connectivity index (χ4v) is 3.07. The van der Waals surface area contributed by atoms with Crippen molar-refractivity contribution in [1.29, 1.82) is 0 Å². The molecule has 3 aromatic rings. The first-order chi connectivity index (χ1) is 17.6. The Bertz CT molecular complexity index is 1210. The molecule has 3 rings (SSSR count). The van der Waals surface area contributed by atoms with Gasteiger partial charge < -0.3 is 13.8 Å². The molecule has 25 heteroatoms. The number of aromatic nitrogens is 6. The van der Waals surface area contributed by atoms with Crippen LogP contribution < -0.4 is 0 Å². The minimum absolute atomic E-state index is 0.962. The zero-order valence-corrected chi connectivity index (χ0v) is 17.8. The summed E-state index contributed by atoms with van der Waals surface area (Å²) >= 11 is 0. The maximum Gasteiger partial charge on any atom is 0.435 e. The van der Waals surface area contributed by atoms with Gasteiger partial charge in [0.2, 0.25) is 0 Å². The van der Waals surface area contributed by atoms with Gasteiger partial charge in [0.15, 0.2) is 17.1 Å².